The standard InChI is InChI=1S/C22H21N3O7S/c1-31-18-8-5-14(11-21(26)27)10-20(18)33(29,30)25-16-6-7-17(19(12-16)32-2)24-22(28)15-4-3-9-23-13-15/h3-10,12-13,25H,11H2,1-2H3,(H,24,28)(H,26,27). The number of amides is 1. The summed E-state index contributed by atoms with van der Waals surface area (Å²) in [6.45, 7) is 0. The Kier molecular flexibility index (Phi) is 7.13. The molecule has 1 heterocycles. The second kappa shape index (κ2) is 10.0. The highest BCUT2D eigenvalue weighted by atomic mass is 32.2. The second-order valence-corrected chi connectivity index (χ2v) is 8.42. The molecule has 0 saturated heterocycles. The van der Waals surface area contributed by atoms with Gasteiger partial charge < -0.3 is 19.9 Å². The van der Waals surface area contributed by atoms with Crippen LogP contribution in [-0.4, -0.2) is 44.6 Å². The van der Waals surface area contributed by atoms with Crippen molar-refractivity contribution in [1.29, 1.82) is 0 Å². The van der Waals surface area contributed by atoms with Crippen molar-refractivity contribution in [2.45, 2.75) is 11.3 Å². The van der Waals surface area contributed by atoms with Gasteiger partial charge >= 0.3 is 5.97 Å². The number of hydrogen-bond donors (Lipinski definition) is 3. The molecule has 3 rings (SSSR count). The molecule has 0 spiro atoms. The zero-order valence-corrected chi connectivity index (χ0v) is 18.5. The number of nitrogens with zero attached hydrogens (tertiary/aromatic N) is 1. The van der Waals surface area contributed by atoms with Crippen LogP contribution in [0.15, 0.2) is 65.8 Å². The summed E-state index contributed by atoms with van der Waals surface area (Å²) in [6, 6.07) is 11.7. The molecule has 0 fully saturated rings. The minimum absolute atomic E-state index is 0.0592. The first-order chi connectivity index (χ1) is 15.7. The van der Waals surface area contributed by atoms with Crippen LogP contribution in [0.3, 0.4) is 0 Å². The predicted octanol–water partition coefficient (Wildman–Crippen LogP) is 2.78. The number of ether oxygens (including phenoxy) is 2. The number of hydrogen-bond acceptors (Lipinski definition) is 7. The van der Waals surface area contributed by atoms with Crippen molar-refractivity contribution in [1.82, 2.24) is 4.98 Å². The van der Waals surface area contributed by atoms with Crippen LogP contribution in [0.5, 0.6) is 11.5 Å². The van der Waals surface area contributed by atoms with Gasteiger partial charge in [0.15, 0.2) is 0 Å². The number of benzene rings is 2. The molecule has 11 heteroatoms. The molecule has 3 N–H and O–H groups in total. The Hall–Kier alpha value is -4.12. The van der Waals surface area contributed by atoms with E-state index in [-0.39, 0.29) is 28.5 Å². The quantitative estimate of drug-likeness (QED) is 0.432. The fourth-order valence-electron chi connectivity index (χ4n) is 2.98. The average molecular weight is 471 g/mol. The number of nitrogens with one attached hydrogen (secondary N) is 2. The molecular weight excluding hydrogens is 450 g/mol. The topological polar surface area (TPSA) is 144 Å². The largest absolute Gasteiger partial charge is 0.495 e. The van der Waals surface area contributed by atoms with Gasteiger partial charge in [0.25, 0.3) is 15.9 Å². The zero-order chi connectivity index (χ0) is 24.0. The van der Waals surface area contributed by atoms with Crippen LogP contribution in [0.1, 0.15) is 15.9 Å². The summed E-state index contributed by atoms with van der Waals surface area (Å²) < 4.78 is 38.9. The molecule has 0 aliphatic heterocycles. The first-order valence-corrected chi connectivity index (χ1v) is 11.0. The fourth-order valence-corrected chi connectivity index (χ4v) is 4.25. The highest BCUT2D eigenvalue weighted by Crippen LogP contribution is 2.31. The average Bonchev–Trinajstić information content (AvgIpc) is 2.80. The Bertz CT molecular complexity index is 1280. The number of carboxylic acid groups (broad SMARTS) is 1. The third kappa shape index (κ3) is 5.77. The monoisotopic (exact) mass is 471 g/mol. The molecule has 1 aromatic heterocycles. The van der Waals surface area contributed by atoms with E-state index in [9.17, 15) is 18.0 Å². The number of carbonyl (C=O) groups is 2. The maximum absolute atomic E-state index is 13.0. The Morgan fingerprint density at radius 3 is 2.42 bits per heavy atom. The van der Waals surface area contributed by atoms with Gasteiger partial charge in [-0.2, -0.15) is 0 Å². The molecule has 0 aliphatic carbocycles. The third-order valence-electron chi connectivity index (χ3n) is 4.50. The summed E-state index contributed by atoms with van der Waals surface area (Å²) in [5.74, 6) is -1.22. The summed E-state index contributed by atoms with van der Waals surface area (Å²) in [7, 11) is -1.44. The van der Waals surface area contributed by atoms with Crippen LogP contribution >= 0.6 is 0 Å². The molecule has 3 aromatic rings. The predicted molar refractivity (Wildman–Crippen MR) is 120 cm³/mol. The van der Waals surface area contributed by atoms with Gasteiger partial charge in [-0.1, -0.05) is 6.07 Å². The van der Waals surface area contributed by atoms with E-state index in [4.69, 9.17) is 14.6 Å². The highest BCUT2D eigenvalue weighted by Gasteiger charge is 2.22. The van der Waals surface area contributed by atoms with Crippen LogP contribution < -0.4 is 19.5 Å². The molecule has 33 heavy (non-hydrogen) atoms. The van der Waals surface area contributed by atoms with Crippen LogP contribution in [0.2, 0.25) is 0 Å². The lowest BCUT2D eigenvalue weighted by molar-refractivity contribution is -0.136. The summed E-state index contributed by atoms with van der Waals surface area (Å²) in [5.41, 5.74) is 1.14. The molecule has 0 atom stereocenters. The summed E-state index contributed by atoms with van der Waals surface area (Å²) >= 11 is 0. The number of pyridine rings is 1. The molecule has 1 amide bonds. The summed E-state index contributed by atoms with van der Waals surface area (Å²) in [4.78, 5) is 27.1. The smallest absolute Gasteiger partial charge is 0.307 e. The lowest BCUT2D eigenvalue weighted by Crippen LogP contribution is -2.16. The Balaban J connectivity index is 1.87. The van der Waals surface area contributed by atoms with E-state index >= 15 is 0 Å². The molecule has 0 bridgehead atoms. The van der Waals surface area contributed by atoms with Gasteiger partial charge in [0.1, 0.15) is 16.4 Å². The molecule has 0 unspecified atom stereocenters. The van der Waals surface area contributed by atoms with E-state index in [0.717, 1.165) is 0 Å². The number of aliphatic carboxylic acids is 1. The molecule has 172 valence electrons. The van der Waals surface area contributed by atoms with E-state index in [2.05, 4.69) is 15.0 Å². The fraction of sp³-hybridized carbons (Fsp3) is 0.136. The summed E-state index contributed by atoms with van der Waals surface area (Å²) in [5, 5.41) is 11.7. The lowest BCUT2D eigenvalue weighted by Gasteiger charge is -2.15. The van der Waals surface area contributed by atoms with Crippen molar-refractivity contribution < 1.29 is 32.6 Å². The SMILES string of the molecule is COc1cc(NS(=O)(=O)c2cc(CC(=O)O)ccc2OC)ccc1NC(=O)c1cccnc1. The van der Waals surface area contributed by atoms with Crippen LogP contribution in [0, 0.1) is 0 Å². The van der Waals surface area contributed by atoms with E-state index in [1.807, 2.05) is 0 Å². The van der Waals surface area contributed by atoms with Crippen molar-refractivity contribution in [3.05, 3.63) is 72.1 Å². The van der Waals surface area contributed by atoms with Crippen molar-refractivity contribution in [2.24, 2.45) is 0 Å². The number of aromatic nitrogens is 1. The van der Waals surface area contributed by atoms with Crippen molar-refractivity contribution in [3.63, 3.8) is 0 Å². The van der Waals surface area contributed by atoms with Crippen LogP contribution in [-0.2, 0) is 21.2 Å². The molecule has 0 aliphatic rings. The summed E-state index contributed by atoms with van der Waals surface area (Å²) in [6.07, 6.45) is 2.62. The van der Waals surface area contributed by atoms with Crippen molar-refractivity contribution in [2.75, 3.05) is 24.3 Å². The molecule has 10 nitrogen and oxygen atoms in total. The van der Waals surface area contributed by atoms with Crippen LogP contribution in [0.25, 0.3) is 0 Å². The van der Waals surface area contributed by atoms with E-state index in [1.165, 1.54) is 56.8 Å². The first-order valence-electron chi connectivity index (χ1n) is 9.54. The minimum Gasteiger partial charge on any atom is -0.495 e. The highest BCUT2D eigenvalue weighted by molar-refractivity contribution is 7.92. The van der Waals surface area contributed by atoms with Gasteiger partial charge in [-0.05, 0) is 42.0 Å². The molecule has 2 aromatic carbocycles. The molecule has 0 radical (unpaired) electrons. The normalized spacial score (nSPS) is 10.8. The zero-order valence-electron chi connectivity index (χ0n) is 17.7. The van der Waals surface area contributed by atoms with Crippen molar-refractivity contribution in [3.8, 4) is 11.5 Å². The van der Waals surface area contributed by atoms with Gasteiger partial charge in [0.05, 0.1) is 37.6 Å². The van der Waals surface area contributed by atoms with E-state index < -0.39 is 21.9 Å². The second-order valence-electron chi connectivity index (χ2n) is 6.77. The first kappa shape index (κ1) is 23.5. The number of methoxy groups -OCH3 is 2. The van der Waals surface area contributed by atoms with Crippen LogP contribution in [0.4, 0.5) is 11.4 Å². The number of sulfonamides is 1. The Labute approximate surface area is 190 Å². The maximum Gasteiger partial charge on any atom is 0.307 e. The van der Waals surface area contributed by atoms with Crippen molar-refractivity contribution >= 4 is 33.3 Å². The Morgan fingerprint density at radius 2 is 1.79 bits per heavy atom. The number of rotatable bonds is 9. The van der Waals surface area contributed by atoms with Gasteiger partial charge in [0, 0.05) is 18.5 Å². The van der Waals surface area contributed by atoms with Gasteiger partial charge in [-0.15, -0.1) is 0 Å². The molecular formula is C22H21N3O7S. The Morgan fingerprint density at radius 1 is 1.03 bits per heavy atom. The number of anilines is 2. The van der Waals surface area contributed by atoms with Gasteiger partial charge in [-0.3, -0.25) is 19.3 Å². The van der Waals surface area contributed by atoms with E-state index in [1.54, 1.807) is 18.3 Å². The number of carbonyl (C=O) groups excluding carboxylic acids is 1. The molecule has 0 saturated carbocycles. The number of carboxylic acids is 1. The van der Waals surface area contributed by atoms with Gasteiger partial charge in [0.2, 0.25) is 0 Å². The third-order valence-corrected chi connectivity index (χ3v) is 5.90. The van der Waals surface area contributed by atoms with E-state index in [0.29, 0.717) is 16.8 Å². The lowest BCUT2D eigenvalue weighted by atomic mass is 10.1. The van der Waals surface area contributed by atoms with Gasteiger partial charge in [-0.25, -0.2) is 8.42 Å². The maximum atomic E-state index is 13.0. The minimum atomic E-state index is -4.14.